The predicted molar refractivity (Wildman–Crippen MR) is 164 cm³/mol. The van der Waals surface area contributed by atoms with Crippen molar-refractivity contribution in [2.24, 2.45) is 0 Å². The zero-order chi connectivity index (χ0) is 28.2. The van der Waals surface area contributed by atoms with E-state index in [1.165, 1.54) is 0 Å². The molecule has 0 unspecified atom stereocenters. The molecule has 8 nitrogen and oxygen atoms in total. The summed E-state index contributed by atoms with van der Waals surface area (Å²) >= 11 is 0. The maximum atomic E-state index is 5.72. The molecule has 0 radical (unpaired) electrons. The molecule has 0 saturated heterocycles. The second kappa shape index (κ2) is 12.2. The fourth-order valence-corrected chi connectivity index (χ4v) is 5.98. The van der Waals surface area contributed by atoms with Gasteiger partial charge in [-0.05, 0) is 93.8 Å². The van der Waals surface area contributed by atoms with E-state index in [4.69, 9.17) is 35.3 Å². The van der Waals surface area contributed by atoms with Gasteiger partial charge in [-0.2, -0.15) is 0 Å². The Balaban J connectivity index is 0.000000150. The summed E-state index contributed by atoms with van der Waals surface area (Å²) in [5.41, 5.74) is 5.85. The molecule has 0 bridgehead atoms. The van der Waals surface area contributed by atoms with E-state index >= 15 is 0 Å². The molecule has 208 valence electrons. The zero-order valence-electron chi connectivity index (χ0n) is 23.0. The van der Waals surface area contributed by atoms with E-state index < -0.39 is 12.3 Å². The van der Waals surface area contributed by atoms with Gasteiger partial charge in [0.15, 0.2) is 0 Å². The maximum absolute atomic E-state index is 5.72. The monoisotopic (exact) mass is 582 g/mol. The van der Waals surface area contributed by atoms with Gasteiger partial charge in [-0.25, -0.2) is 0 Å². The van der Waals surface area contributed by atoms with Gasteiger partial charge in [0.05, 0.1) is 50.1 Å². The van der Waals surface area contributed by atoms with Crippen molar-refractivity contribution in [1.29, 1.82) is 0 Å². The van der Waals surface area contributed by atoms with Gasteiger partial charge in [0.25, 0.3) is 12.3 Å². The first kappa shape index (κ1) is 28.3. The predicted octanol–water partition coefficient (Wildman–Crippen LogP) is 2.49. The number of rotatable bonds is 8. The first-order valence-electron chi connectivity index (χ1n) is 13.5. The fourth-order valence-electron chi connectivity index (χ4n) is 5.98. The Morgan fingerprint density at radius 3 is 0.488 bits per heavy atom. The van der Waals surface area contributed by atoms with Crippen molar-refractivity contribution in [3.63, 3.8) is 0 Å². The smallest absolute Gasteiger partial charge is 0.509 e. The fraction of sp³-hybridized carbons (Fsp3) is 0. The minimum Gasteiger partial charge on any atom is -0.509 e. The van der Waals surface area contributed by atoms with E-state index in [1.807, 2.05) is 97.1 Å². The van der Waals surface area contributed by atoms with Gasteiger partial charge in [-0.15, -0.1) is 0 Å². The van der Waals surface area contributed by atoms with E-state index in [0.717, 1.165) is 45.3 Å². The van der Waals surface area contributed by atoms with Crippen LogP contribution in [0.25, 0.3) is 0 Å². The summed E-state index contributed by atoms with van der Waals surface area (Å²) in [4.78, 5) is 0. The minimum atomic E-state index is -1.72. The molecule has 0 aliphatic rings. The summed E-state index contributed by atoms with van der Waals surface area (Å²) < 4.78 is 45.7. The molecule has 11 heteroatoms. The van der Waals surface area contributed by atoms with Gasteiger partial charge in [0, 0.05) is 0 Å². The van der Waals surface area contributed by atoms with Gasteiger partial charge < -0.3 is 35.3 Å². The van der Waals surface area contributed by atoms with Gasteiger partial charge >= 0.3 is 23.1 Å². The molecule has 0 fully saturated rings. The molecule has 8 aromatic rings. The number of hydrogen-bond acceptors (Lipinski definition) is 8. The molecule has 0 amide bonds. The van der Waals surface area contributed by atoms with E-state index in [1.54, 1.807) is 50.1 Å². The molecule has 0 aromatic carbocycles. The molecule has 8 aromatic heterocycles. The van der Waals surface area contributed by atoms with Crippen molar-refractivity contribution in [2.75, 3.05) is 0 Å². The third kappa shape index (κ3) is 4.66. The summed E-state index contributed by atoms with van der Waals surface area (Å²) in [5, 5.41) is 0. The third-order valence-corrected chi connectivity index (χ3v) is 7.76. The molecule has 0 saturated carbocycles. The van der Waals surface area contributed by atoms with Crippen LogP contribution in [0, 0.1) is 0 Å². The van der Waals surface area contributed by atoms with Crippen LogP contribution in [-0.4, -0.2) is 35.3 Å². The van der Waals surface area contributed by atoms with Gasteiger partial charge in [-0.1, -0.05) is 48.5 Å². The zero-order valence-corrected chi connectivity index (χ0v) is 24.4. The Kier molecular flexibility index (Phi) is 8.00. The Labute approximate surface area is 262 Å². The Morgan fingerprint density at radius 2 is 0.395 bits per heavy atom. The Hall–Kier alpha value is -4.86. The van der Waals surface area contributed by atoms with E-state index in [0.29, 0.717) is 0 Å². The van der Waals surface area contributed by atoms with E-state index in [2.05, 4.69) is 0 Å². The van der Waals surface area contributed by atoms with Crippen molar-refractivity contribution in [1.82, 2.24) is 0 Å². The minimum absolute atomic E-state index is 0. The SMILES string of the molecule is [Mg+2].c1coc([B-](c2ccco2)(c2ccco2)c2ccco2)c1.c1coc([B-](c2ccco2)(c2ccco2)c2ccco2)c1. The molecule has 0 aliphatic carbocycles. The Morgan fingerprint density at radius 1 is 0.256 bits per heavy atom. The molecule has 0 atom stereocenters. The largest absolute Gasteiger partial charge is 2.00 e. The average molecular weight is 582 g/mol. The van der Waals surface area contributed by atoms with Gasteiger partial charge in [0.2, 0.25) is 0 Å². The molecule has 0 N–H and O–H groups in total. The van der Waals surface area contributed by atoms with E-state index in [-0.39, 0.29) is 23.1 Å². The maximum Gasteiger partial charge on any atom is 2.00 e. The van der Waals surface area contributed by atoms with Crippen LogP contribution in [0.1, 0.15) is 0 Å². The van der Waals surface area contributed by atoms with Crippen molar-refractivity contribution >= 4 is 80.6 Å². The van der Waals surface area contributed by atoms with Crippen molar-refractivity contribution in [2.45, 2.75) is 0 Å². The second-order valence-electron chi connectivity index (χ2n) is 9.86. The normalized spacial score (nSPS) is 11.5. The second-order valence-corrected chi connectivity index (χ2v) is 9.86. The molecule has 43 heavy (non-hydrogen) atoms. The topological polar surface area (TPSA) is 105 Å². The summed E-state index contributed by atoms with van der Waals surface area (Å²) in [6.07, 6.45) is 9.67. The number of furan rings is 8. The summed E-state index contributed by atoms with van der Waals surface area (Å²) in [6, 6.07) is 30.1. The molecule has 0 aliphatic heterocycles. The molecular weight excluding hydrogens is 558 g/mol. The molecule has 8 rings (SSSR count). The average Bonchev–Trinajstić information content (AvgIpc) is 3.91. The van der Waals surface area contributed by atoms with Crippen molar-refractivity contribution in [3.05, 3.63) is 147 Å². The summed E-state index contributed by atoms with van der Waals surface area (Å²) in [6.45, 7) is 0. The molecular formula is C32H24B2MgO8. The van der Waals surface area contributed by atoms with Gasteiger partial charge in [0.1, 0.15) is 0 Å². The van der Waals surface area contributed by atoms with E-state index in [9.17, 15) is 0 Å². The van der Waals surface area contributed by atoms with Crippen LogP contribution in [0.2, 0.25) is 0 Å². The summed E-state index contributed by atoms with van der Waals surface area (Å²) in [7, 11) is 0. The standard InChI is InChI=1S/2C16H12BO4.Mg/c2*1-5-13(18-9-1)17(14-6-2-10-19-14,15-7-3-11-20-15)16-8-4-12-21-16;/h2*1-12H;/q2*-1;+2. The molecule has 0 spiro atoms. The first-order chi connectivity index (χ1) is 20.8. The molecule has 8 heterocycles. The summed E-state index contributed by atoms with van der Waals surface area (Å²) in [5.74, 6) is 0. The van der Waals surface area contributed by atoms with Gasteiger partial charge in [-0.3, -0.25) is 0 Å². The van der Waals surface area contributed by atoms with Crippen LogP contribution < -0.4 is 45.3 Å². The van der Waals surface area contributed by atoms with Crippen LogP contribution >= 0.6 is 0 Å². The van der Waals surface area contributed by atoms with Crippen LogP contribution in [0.5, 0.6) is 0 Å². The number of hydrogen-bond donors (Lipinski definition) is 0. The first-order valence-corrected chi connectivity index (χ1v) is 13.5. The van der Waals surface area contributed by atoms with Crippen LogP contribution in [0.15, 0.2) is 183 Å². The van der Waals surface area contributed by atoms with Crippen molar-refractivity contribution in [3.8, 4) is 0 Å². The van der Waals surface area contributed by atoms with Crippen LogP contribution in [0.3, 0.4) is 0 Å². The van der Waals surface area contributed by atoms with Crippen molar-refractivity contribution < 1.29 is 35.3 Å². The third-order valence-electron chi connectivity index (χ3n) is 7.76. The quantitative estimate of drug-likeness (QED) is 0.252. The van der Waals surface area contributed by atoms with Crippen LogP contribution in [0.4, 0.5) is 0 Å². The Bertz CT molecular complexity index is 1420. The van der Waals surface area contributed by atoms with Crippen LogP contribution in [-0.2, 0) is 0 Å².